The van der Waals surface area contributed by atoms with Crippen molar-refractivity contribution in [2.24, 2.45) is 0 Å². The third-order valence-corrected chi connectivity index (χ3v) is 4.94. The van der Waals surface area contributed by atoms with Crippen LogP contribution in [0.2, 0.25) is 0 Å². The number of carbonyl (C=O) groups is 1. The predicted molar refractivity (Wildman–Crippen MR) is 69.0 cm³/mol. The molecule has 0 aliphatic carbocycles. The first-order chi connectivity index (χ1) is 9.08. The molecule has 0 spiro atoms. The summed E-state index contributed by atoms with van der Waals surface area (Å²) < 4.78 is 30.9. The van der Waals surface area contributed by atoms with Crippen molar-refractivity contribution in [1.82, 2.24) is 0 Å². The molecule has 2 rings (SSSR count). The second-order valence-corrected chi connectivity index (χ2v) is 6.16. The lowest BCUT2D eigenvalue weighted by molar-refractivity contribution is 0.0696. The Morgan fingerprint density at radius 2 is 2.11 bits per heavy atom. The highest BCUT2D eigenvalue weighted by Crippen LogP contribution is 2.19. The summed E-state index contributed by atoms with van der Waals surface area (Å²) >= 11 is 0. The highest BCUT2D eigenvalue weighted by Gasteiger charge is 2.21. The van der Waals surface area contributed by atoms with Gasteiger partial charge in [-0.1, -0.05) is 0 Å². The zero-order chi connectivity index (χ0) is 13.8. The Labute approximate surface area is 113 Å². The van der Waals surface area contributed by atoms with Gasteiger partial charge in [-0.05, 0) is 31.0 Å². The molecule has 1 N–H and O–H groups in total. The highest BCUT2D eigenvalue weighted by atomic mass is 32.2. The van der Waals surface area contributed by atoms with Crippen LogP contribution in [0.5, 0.6) is 0 Å². The third kappa shape index (κ3) is 3.61. The van der Waals surface area contributed by atoms with Crippen LogP contribution in [0.25, 0.3) is 0 Å². The first-order valence-electron chi connectivity index (χ1n) is 6.04. The quantitative estimate of drug-likeness (QED) is 0.919. The maximum absolute atomic E-state index is 13.6. The van der Waals surface area contributed by atoms with Crippen molar-refractivity contribution in [3.63, 3.8) is 0 Å². The molecular formula is C13H15FO4S. The highest BCUT2D eigenvalue weighted by molar-refractivity contribution is 7.84. The molecule has 0 saturated carbocycles. The van der Waals surface area contributed by atoms with E-state index < -0.39 is 22.6 Å². The van der Waals surface area contributed by atoms with Crippen LogP contribution in [0.1, 0.15) is 28.8 Å². The Morgan fingerprint density at radius 3 is 2.74 bits per heavy atom. The van der Waals surface area contributed by atoms with Gasteiger partial charge in [0.1, 0.15) is 5.82 Å². The molecule has 104 valence electrons. The Morgan fingerprint density at radius 1 is 1.42 bits per heavy atom. The van der Waals surface area contributed by atoms with Gasteiger partial charge in [0.15, 0.2) is 0 Å². The minimum atomic E-state index is -1.20. The molecule has 19 heavy (non-hydrogen) atoms. The van der Waals surface area contributed by atoms with E-state index in [1.165, 1.54) is 12.1 Å². The Bertz CT molecular complexity index is 497. The van der Waals surface area contributed by atoms with Gasteiger partial charge in [-0.2, -0.15) is 0 Å². The Hall–Kier alpha value is -1.27. The Kier molecular flexibility index (Phi) is 4.66. The molecule has 1 fully saturated rings. The number of halogens is 1. The van der Waals surface area contributed by atoms with Crippen LogP contribution in [0, 0.1) is 5.82 Å². The molecule has 0 aromatic heterocycles. The van der Waals surface area contributed by atoms with Crippen molar-refractivity contribution in [2.75, 3.05) is 13.2 Å². The largest absolute Gasteiger partial charge is 0.478 e. The van der Waals surface area contributed by atoms with E-state index in [2.05, 4.69) is 0 Å². The molecule has 0 radical (unpaired) electrons. The summed E-state index contributed by atoms with van der Waals surface area (Å²) in [6.45, 7) is 1.15. The average molecular weight is 286 g/mol. The monoisotopic (exact) mass is 286 g/mol. The van der Waals surface area contributed by atoms with E-state index in [-0.39, 0.29) is 22.1 Å². The molecule has 1 aromatic carbocycles. The van der Waals surface area contributed by atoms with E-state index in [0.29, 0.717) is 26.1 Å². The van der Waals surface area contributed by atoms with Gasteiger partial charge in [0.2, 0.25) is 0 Å². The summed E-state index contributed by atoms with van der Waals surface area (Å²) in [7, 11) is -1.20. The normalized spacial score (nSPS) is 18.2. The molecule has 1 atom stereocenters. The van der Waals surface area contributed by atoms with E-state index in [1.54, 1.807) is 0 Å². The second kappa shape index (κ2) is 6.25. The van der Waals surface area contributed by atoms with Crippen molar-refractivity contribution >= 4 is 16.8 Å². The summed E-state index contributed by atoms with van der Waals surface area (Å²) in [6, 6.07) is 3.58. The fraction of sp³-hybridized carbons (Fsp3) is 0.462. The summed E-state index contributed by atoms with van der Waals surface area (Å²) in [6.07, 6.45) is 1.40. The fourth-order valence-electron chi connectivity index (χ4n) is 2.03. The summed E-state index contributed by atoms with van der Waals surface area (Å²) in [5, 5.41) is 8.87. The molecule has 1 unspecified atom stereocenters. The van der Waals surface area contributed by atoms with Crippen molar-refractivity contribution < 1.29 is 23.2 Å². The molecule has 0 bridgehead atoms. The van der Waals surface area contributed by atoms with Crippen molar-refractivity contribution in [2.45, 2.75) is 23.8 Å². The lowest BCUT2D eigenvalue weighted by Gasteiger charge is -2.21. The number of aromatic carboxylic acids is 1. The van der Waals surface area contributed by atoms with Crippen molar-refractivity contribution in [1.29, 1.82) is 0 Å². The lowest BCUT2D eigenvalue weighted by Crippen LogP contribution is -2.25. The molecule has 1 aliphatic rings. The van der Waals surface area contributed by atoms with Gasteiger partial charge < -0.3 is 9.84 Å². The SMILES string of the molecule is O=C(O)c1ccc(F)c(CS(=O)C2CCOCC2)c1. The first kappa shape index (κ1) is 14.1. The lowest BCUT2D eigenvalue weighted by atomic mass is 10.1. The number of carboxylic acids is 1. The molecule has 1 heterocycles. The standard InChI is InChI=1S/C13H15FO4S/c14-12-2-1-9(13(15)16)7-10(12)8-19(17)11-3-5-18-6-4-11/h1-2,7,11H,3-6,8H2,(H,15,16). The van der Waals surface area contributed by atoms with Crippen LogP contribution >= 0.6 is 0 Å². The van der Waals surface area contributed by atoms with Crippen LogP contribution in [-0.4, -0.2) is 33.7 Å². The molecule has 0 amide bonds. The van der Waals surface area contributed by atoms with Crippen LogP contribution in [0.15, 0.2) is 18.2 Å². The van der Waals surface area contributed by atoms with E-state index in [1.807, 2.05) is 0 Å². The Balaban J connectivity index is 2.11. The number of carboxylic acid groups (broad SMARTS) is 1. The van der Waals surface area contributed by atoms with Gasteiger partial charge in [-0.15, -0.1) is 0 Å². The van der Waals surface area contributed by atoms with Gasteiger partial charge in [0, 0.05) is 34.8 Å². The summed E-state index contributed by atoms with van der Waals surface area (Å²) in [5.41, 5.74) is 0.213. The van der Waals surface area contributed by atoms with E-state index in [4.69, 9.17) is 9.84 Å². The van der Waals surface area contributed by atoms with Crippen LogP contribution in [-0.2, 0) is 21.3 Å². The maximum Gasteiger partial charge on any atom is 0.335 e. The maximum atomic E-state index is 13.6. The third-order valence-electron chi connectivity index (χ3n) is 3.13. The van der Waals surface area contributed by atoms with Crippen molar-refractivity contribution in [3.05, 3.63) is 35.1 Å². The average Bonchev–Trinajstić information content (AvgIpc) is 2.42. The number of rotatable bonds is 4. The van der Waals surface area contributed by atoms with E-state index >= 15 is 0 Å². The molecule has 1 saturated heterocycles. The molecule has 6 heteroatoms. The van der Waals surface area contributed by atoms with Gasteiger partial charge in [-0.3, -0.25) is 4.21 Å². The summed E-state index contributed by atoms with van der Waals surface area (Å²) in [5.74, 6) is -1.57. The van der Waals surface area contributed by atoms with Crippen LogP contribution < -0.4 is 0 Å². The smallest absolute Gasteiger partial charge is 0.335 e. The van der Waals surface area contributed by atoms with Gasteiger partial charge in [0.25, 0.3) is 0 Å². The topological polar surface area (TPSA) is 63.6 Å². The first-order valence-corrected chi connectivity index (χ1v) is 7.43. The van der Waals surface area contributed by atoms with Crippen molar-refractivity contribution in [3.8, 4) is 0 Å². The number of hydrogen-bond donors (Lipinski definition) is 1. The zero-order valence-electron chi connectivity index (χ0n) is 10.3. The minimum absolute atomic E-state index is 0.00151. The molecular weight excluding hydrogens is 271 g/mol. The van der Waals surface area contributed by atoms with E-state index in [0.717, 1.165) is 6.07 Å². The van der Waals surface area contributed by atoms with Gasteiger partial charge in [-0.25, -0.2) is 9.18 Å². The van der Waals surface area contributed by atoms with Crippen LogP contribution in [0.3, 0.4) is 0 Å². The molecule has 4 nitrogen and oxygen atoms in total. The van der Waals surface area contributed by atoms with Crippen LogP contribution in [0.4, 0.5) is 4.39 Å². The minimum Gasteiger partial charge on any atom is -0.478 e. The number of benzene rings is 1. The molecule has 1 aliphatic heterocycles. The fourth-order valence-corrected chi connectivity index (χ4v) is 3.51. The summed E-state index contributed by atoms with van der Waals surface area (Å²) in [4.78, 5) is 10.8. The van der Waals surface area contributed by atoms with Gasteiger partial charge in [0.05, 0.1) is 11.3 Å². The second-order valence-electron chi connectivity index (χ2n) is 4.45. The predicted octanol–water partition coefficient (Wildman–Crippen LogP) is 1.95. The number of ether oxygens (including phenoxy) is 1. The van der Waals surface area contributed by atoms with E-state index in [9.17, 15) is 13.4 Å². The number of hydrogen-bond acceptors (Lipinski definition) is 3. The van der Waals surface area contributed by atoms with Gasteiger partial charge >= 0.3 is 5.97 Å². The zero-order valence-corrected chi connectivity index (χ0v) is 11.1. The molecule has 1 aromatic rings.